The summed E-state index contributed by atoms with van der Waals surface area (Å²) >= 11 is 0. The summed E-state index contributed by atoms with van der Waals surface area (Å²) in [6, 6.07) is 17.7. The molecule has 1 atom stereocenters. The van der Waals surface area contributed by atoms with Crippen molar-refractivity contribution in [2.75, 3.05) is 40.0 Å². The zero-order chi connectivity index (χ0) is 24.5. The molecule has 1 fully saturated rings. The molecule has 35 heavy (non-hydrogen) atoms. The fourth-order valence-electron chi connectivity index (χ4n) is 4.76. The zero-order valence-electron chi connectivity index (χ0n) is 20.9. The summed E-state index contributed by atoms with van der Waals surface area (Å²) in [5.74, 6) is 0.973. The van der Waals surface area contributed by atoms with Gasteiger partial charge in [0.1, 0.15) is 12.4 Å². The van der Waals surface area contributed by atoms with Crippen molar-refractivity contribution in [1.29, 1.82) is 0 Å². The fraction of sp³-hybridized carbons (Fsp3) is 0.517. The van der Waals surface area contributed by atoms with Gasteiger partial charge < -0.3 is 19.3 Å². The summed E-state index contributed by atoms with van der Waals surface area (Å²) in [5, 5.41) is 0. The lowest BCUT2D eigenvalue weighted by molar-refractivity contribution is -0.135. The maximum atomic E-state index is 13.5. The number of benzene rings is 2. The van der Waals surface area contributed by atoms with Gasteiger partial charge in [-0.2, -0.15) is 0 Å². The van der Waals surface area contributed by atoms with Gasteiger partial charge in [0, 0.05) is 32.7 Å². The van der Waals surface area contributed by atoms with Gasteiger partial charge in [0.15, 0.2) is 0 Å². The predicted molar refractivity (Wildman–Crippen MR) is 137 cm³/mol. The molecular formula is C29H38N2O4. The van der Waals surface area contributed by atoms with Crippen LogP contribution >= 0.6 is 0 Å². The lowest BCUT2D eigenvalue weighted by Gasteiger charge is -2.33. The third-order valence-corrected chi connectivity index (χ3v) is 6.94. The highest BCUT2D eigenvalue weighted by molar-refractivity contribution is 5.97. The first-order valence-electron chi connectivity index (χ1n) is 13.0. The summed E-state index contributed by atoms with van der Waals surface area (Å²) in [7, 11) is 1.66. The first-order valence-corrected chi connectivity index (χ1v) is 13.0. The van der Waals surface area contributed by atoms with E-state index in [1.807, 2.05) is 47.4 Å². The third kappa shape index (κ3) is 7.07. The first kappa shape index (κ1) is 25.2. The number of amides is 2. The highest BCUT2D eigenvalue weighted by Crippen LogP contribution is 2.32. The Hall–Kier alpha value is -2.86. The summed E-state index contributed by atoms with van der Waals surface area (Å²) < 4.78 is 11.6. The van der Waals surface area contributed by atoms with E-state index in [4.69, 9.17) is 9.47 Å². The monoisotopic (exact) mass is 478 g/mol. The minimum atomic E-state index is -0.0822. The van der Waals surface area contributed by atoms with Crippen molar-refractivity contribution in [3.8, 4) is 5.75 Å². The highest BCUT2D eigenvalue weighted by atomic mass is 16.5. The van der Waals surface area contributed by atoms with Crippen molar-refractivity contribution in [2.45, 2.75) is 51.0 Å². The fourth-order valence-corrected chi connectivity index (χ4v) is 4.76. The van der Waals surface area contributed by atoms with E-state index >= 15 is 0 Å². The minimum Gasteiger partial charge on any atom is -0.491 e. The summed E-state index contributed by atoms with van der Waals surface area (Å²) in [6.45, 7) is 2.87. The standard InChI is InChI=1S/C29H38N2O4/c1-34-20-19-30-17-9-2-3-10-18-31(28(32)24-15-16-24)25(21-23-11-5-4-6-12-23)22-35-27-14-8-7-13-26(27)29(30)33/h4-8,11-14,24-25H,2-3,9-10,15-22H2,1H3/t25-/m0/s1. The number of hydrogen-bond acceptors (Lipinski definition) is 4. The van der Waals surface area contributed by atoms with E-state index in [1.54, 1.807) is 7.11 Å². The Balaban J connectivity index is 1.61. The highest BCUT2D eigenvalue weighted by Gasteiger charge is 2.36. The molecule has 2 amide bonds. The van der Waals surface area contributed by atoms with E-state index in [-0.39, 0.29) is 23.8 Å². The van der Waals surface area contributed by atoms with Crippen LogP contribution in [0.15, 0.2) is 54.6 Å². The van der Waals surface area contributed by atoms with E-state index in [1.165, 1.54) is 5.56 Å². The second-order valence-electron chi connectivity index (χ2n) is 9.66. The lowest BCUT2D eigenvalue weighted by Crippen LogP contribution is -2.46. The molecule has 1 heterocycles. The number of rotatable bonds is 6. The van der Waals surface area contributed by atoms with Crippen LogP contribution in [0.25, 0.3) is 0 Å². The van der Waals surface area contributed by atoms with Gasteiger partial charge in [-0.1, -0.05) is 55.3 Å². The quantitative estimate of drug-likeness (QED) is 0.610. The number of ether oxygens (including phenoxy) is 2. The Labute approximate surface area is 209 Å². The number of fused-ring (bicyclic) bond motifs is 1. The van der Waals surface area contributed by atoms with Crippen LogP contribution in [-0.4, -0.2) is 67.6 Å². The summed E-state index contributed by atoms with van der Waals surface area (Å²) in [4.78, 5) is 30.8. The Kier molecular flexibility index (Phi) is 9.18. The maximum absolute atomic E-state index is 13.5. The molecule has 0 bridgehead atoms. The van der Waals surface area contributed by atoms with Gasteiger partial charge >= 0.3 is 0 Å². The molecule has 6 heteroatoms. The van der Waals surface area contributed by atoms with Crippen molar-refractivity contribution in [2.24, 2.45) is 5.92 Å². The van der Waals surface area contributed by atoms with Crippen molar-refractivity contribution >= 4 is 11.8 Å². The Bertz CT molecular complexity index is 960. The number of nitrogens with zero attached hydrogens (tertiary/aromatic N) is 2. The van der Waals surface area contributed by atoms with Crippen molar-refractivity contribution in [3.63, 3.8) is 0 Å². The lowest BCUT2D eigenvalue weighted by atomic mass is 10.0. The van der Waals surface area contributed by atoms with Gasteiger partial charge in [-0.15, -0.1) is 0 Å². The topological polar surface area (TPSA) is 59.1 Å². The number of carbonyl (C=O) groups excluding carboxylic acids is 2. The second-order valence-corrected chi connectivity index (χ2v) is 9.66. The average molecular weight is 479 g/mol. The van der Waals surface area contributed by atoms with Gasteiger partial charge in [0.2, 0.25) is 5.91 Å². The Morgan fingerprint density at radius 3 is 2.43 bits per heavy atom. The first-order chi connectivity index (χ1) is 17.2. The SMILES string of the molecule is COCCN1CCCCCCN(C(=O)C2CC2)[C@@H](Cc2ccccc2)COc2ccccc2C1=O. The normalized spacial score (nSPS) is 20.0. The molecule has 6 nitrogen and oxygen atoms in total. The van der Waals surface area contributed by atoms with E-state index in [2.05, 4.69) is 17.0 Å². The summed E-state index contributed by atoms with van der Waals surface area (Å²) in [6.07, 6.45) is 6.68. The number of hydrogen-bond donors (Lipinski definition) is 0. The molecule has 188 valence electrons. The van der Waals surface area contributed by atoms with E-state index < -0.39 is 0 Å². The molecule has 0 unspecified atom stereocenters. The molecule has 0 spiro atoms. The molecule has 4 rings (SSSR count). The molecule has 0 radical (unpaired) electrons. The Morgan fingerprint density at radius 1 is 0.971 bits per heavy atom. The third-order valence-electron chi connectivity index (χ3n) is 6.94. The van der Waals surface area contributed by atoms with E-state index in [9.17, 15) is 9.59 Å². The van der Waals surface area contributed by atoms with Crippen molar-refractivity contribution in [3.05, 3.63) is 65.7 Å². The average Bonchev–Trinajstić information content (AvgIpc) is 3.73. The summed E-state index contributed by atoms with van der Waals surface area (Å²) in [5.41, 5.74) is 1.75. The molecule has 0 saturated heterocycles. The van der Waals surface area contributed by atoms with Crippen LogP contribution in [-0.2, 0) is 16.0 Å². The Morgan fingerprint density at radius 2 is 1.69 bits per heavy atom. The van der Waals surface area contributed by atoms with Crippen LogP contribution in [0.1, 0.15) is 54.4 Å². The number of methoxy groups -OCH3 is 1. The molecule has 2 aromatic rings. The maximum Gasteiger partial charge on any atom is 0.257 e. The molecule has 2 aliphatic rings. The molecule has 2 aromatic carbocycles. The van der Waals surface area contributed by atoms with Crippen LogP contribution in [0.3, 0.4) is 0 Å². The van der Waals surface area contributed by atoms with Crippen LogP contribution < -0.4 is 4.74 Å². The zero-order valence-corrected chi connectivity index (χ0v) is 20.9. The predicted octanol–water partition coefficient (Wildman–Crippen LogP) is 4.58. The molecule has 0 N–H and O–H groups in total. The number of carbonyl (C=O) groups is 2. The molecule has 1 aliphatic carbocycles. The van der Waals surface area contributed by atoms with Crippen LogP contribution in [0, 0.1) is 5.92 Å². The van der Waals surface area contributed by atoms with Gasteiger partial charge in [0.25, 0.3) is 5.91 Å². The molecule has 0 aromatic heterocycles. The second kappa shape index (κ2) is 12.7. The van der Waals surface area contributed by atoms with E-state index in [0.717, 1.165) is 51.5 Å². The van der Waals surface area contributed by atoms with E-state index in [0.29, 0.717) is 37.6 Å². The van der Waals surface area contributed by atoms with Gasteiger partial charge in [0.05, 0.1) is 18.2 Å². The van der Waals surface area contributed by atoms with Gasteiger partial charge in [-0.25, -0.2) is 0 Å². The number of para-hydroxylation sites is 1. The minimum absolute atomic E-state index is 0.0276. The molecule has 1 saturated carbocycles. The van der Waals surface area contributed by atoms with Crippen LogP contribution in [0.2, 0.25) is 0 Å². The van der Waals surface area contributed by atoms with Crippen LogP contribution in [0.5, 0.6) is 5.75 Å². The van der Waals surface area contributed by atoms with Crippen molar-refractivity contribution < 1.29 is 19.1 Å². The molecule has 1 aliphatic heterocycles. The van der Waals surface area contributed by atoms with Crippen molar-refractivity contribution in [1.82, 2.24) is 9.80 Å². The van der Waals surface area contributed by atoms with Gasteiger partial charge in [-0.05, 0) is 49.8 Å². The largest absolute Gasteiger partial charge is 0.491 e. The van der Waals surface area contributed by atoms with Gasteiger partial charge in [-0.3, -0.25) is 9.59 Å². The molecular weight excluding hydrogens is 440 g/mol. The smallest absolute Gasteiger partial charge is 0.257 e. The van der Waals surface area contributed by atoms with Crippen LogP contribution in [0.4, 0.5) is 0 Å².